The first-order valence-corrected chi connectivity index (χ1v) is 9.38. The van der Waals surface area contributed by atoms with Gasteiger partial charge in [0.25, 0.3) is 0 Å². The van der Waals surface area contributed by atoms with Gasteiger partial charge in [-0.05, 0) is 55.5 Å². The lowest BCUT2D eigenvalue weighted by molar-refractivity contribution is -0.132. The number of carbonyl (C=O) groups is 4. The van der Waals surface area contributed by atoms with Gasteiger partial charge in [0.05, 0.1) is 5.75 Å². The fraction of sp³-hybridized carbons (Fsp3) is 0.100. The number of amides is 3. The van der Waals surface area contributed by atoms with Crippen molar-refractivity contribution in [3.63, 3.8) is 0 Å². The Balaban J connectivity index is 1.84. The van der Waals surface area contributed by atoms with Gasteiger partial charge in [-0.15, -0.1) is 11.8 Å². The van der Waals surface area contributed by atoms with E-state index in [-0.39, 0.29) is 17.2 Å². The molecule has 0 saturated heterocycles. The quantitative estimate of drug-likeness (QED) is 0.387. The number of hydrogen-bond donors (Lipinski definition) is 4. The van der Waals surface area contributed by atoms with Gasteiger partial charge in [0.1, 0.15) is 0 Å². The summed E-state index contributed by atoms with van der Waals surface area (Å²) in [6, 6.07) is 13.1. The van der Waals surface area contributed by atoms with Crippen LogP contribution in [0.1, 0.15) is 17.3 Å². The largest absolute Gasteiger partial charge is 0.478 e. The third kappa shape index (κ3) is 7.15. The summed E-state index contributed by atoms with van der Waals surface area (Å²) in [4.78, 5) is 46.3. The van der Waals surface area contributed by atoms with E-state index >= 15 is 0 Å². The fourth-order valence-corrected chi connectivity index (χ4v) is 2.83. The minimum Gasteiger partial charge on any atom is -0.478 e. The molecule has 0 aliphatic carbocycles. The summed E-state index contributed by atoms with van der Waals surface area (Å²) in [6.07, 6.45) is 1.01. The van der Waals surface area contributed by atoms with Gasteiger partial charge in [-0.2, -0.15) is 0 Å². The van der Waals surface area contributed by atoms with Crippen LogP contribution in [0.15, 0.2) is 65.1 Å². The number of primary amides is 1. The molecular formula is C20H19N3O5S. The molecular weight excluding hydrogens is 394 g/mol. The molecule has 0 aromatic heterocycles. The maximum absolute atomic E-state index is 12.0. The molecule has 0 atom stereocenters. The van der Waals surface area contributed by atoms with Crippen LogP contribution in [0.4, 0.5) is 11.4 Å². The van der Waals surface area contributed by atoms with Gasteiger partial charge in [0.2, 0.25) is 17.7 Å². The molecule has 0 fully saturated rings. The van der Waals surface area contributed by atoms with Crippen molar-refractivity contribution in [3.8, 4) is 0 Å². The summed E-state index contributed by atoms with van der Waals surface area (Å²) in [5.74, 6) is -2.27. The fourth-order valence-electron chi connectivity index (χ4n) is 2.13. The van der Waals surface area contributed by atoms with Crippen LogP contribution in [0.2, 0.25) is 0 Å². The maximum Gasteiger partial charge on any atom is 0.331 e. The third-order valence-electron chi connectivity index (χ3n) is 3.63. The van der Waals surface area contributed by atoms with Crippen LogP contribution in [0, 0.1) is 0 Å². The molecule has 0 saturated carbocycles. The summed E-state index contributed by atoms with van der Waals surface area (Å²) in [5.41, 5.74) is 6.53. The highest BCUT2D eigenvalue weighted by atomic mass is 32.2. The SMILES string of the molecule is C/C(=C\C(=O)Nc1ccc(SCC(=O)Nc2ccc(C(N)=O)cc2)cc1)C(=O)O. The third-order valence-corrected chi connectivity index (χ3v) is 4.64. The van der Waals surface area contributed by atoms with E-state index in [1.165, 1.54) is 30.8 Å². The second-order valence-corrected chi connectivity index (χ2v) is 6.97. The number of nitrogens with two attached hydrogens (primary N) is 1. The topological polar surface area (TPSA) is 139 Å². The van der Waals surface area contributed by atoms with Crippen molar-refractivity contribution in [2.45, 2.75) is 11.8 Å². The molecule has 0 aliphatic heterocycles. The van der Waals surface area contributed by atoms with E-state index < -0.39 is 17.8 Å². The van der Waals surface area contributed by atoms with Gasteiger partial charge in [-0.25, -0.2) is 4.79 Å². The average Bonchev–Trinajstić information content (AvgIpc) is 2.67. The number of aliphatic carboxylic acids is 1. The Morgan fingerprint density at radius 2 is 1.52 bits per heavy atom. The van der Waals surface area contributed by atoms with E-state index in [4.69, 9.17) is 10.8 Å². The zero-order chi connectivity index (χ0) is 21.4. The van der Waals surface area contributed by atoms with Crippen LogP contribution < -0.4 is 16.4 Å². The number of hydrogen-bond acceptors (Lipinski definition) is 5. The van der Waals surface area contributed by atoms with E-state index in [2.05, 4.69) is 10.6 Å². The first-order chi connectivity index (χ1) is 13.7. The lowest BCUT2D eigenvalue weighted by atomic mass is 10.2. The van der Waals surface area contributed by atoms with Crippen molar-refractivity contribution in [1.82, 2.24) is 0 Å². The molecule has 0 bridgehead atoms. The number of benzene rings is 2. The molecule has 9 heteroatoms. The van der Waals surface area contributed by atoms with Crippen molar-refractivity contribution in [3.05, 3.63) is 65.7 Å². The molecule has 3 amide bonds. The maximum atomic E-state index is 12.0. The Bertz CT molecular complexity index is 953. The van der Waals surface area contributed by atoms with Gasteiger partial charge in [-0.1, -0.05) is 0 Å². The molecule has 5 N–H and O–H groups in total. The Hall–Kier alpha value is -3.59. The second-order valence-electron chi connectivity index (χ2n) is 5.92. The van der Waals surface area contributed by atoms with Crippen molar-refractivity contribution in [2.75, 3.05) is 16.4 Å². The summed E-state index contributed by atoms with van der Waals surface area (Å²) in [7, 11) is 0. The van der Waals surface area contributed by atoms with Crippen LogP contribution in [-0.2, 0) is 14.4 Å². The van der Waals surface area contributed by atoms with Crippen molar-refractivity contribution in [1.29, 1.82) is 0 Å². The summed E-state index contributed by atoms with van der Waals surface area (Å²) >= 11 is 1.31. The number of rotatable bonds is 8. The van der Waals surface area contributed by atoms with Crippen LogP contribution in [0.5, 0.6) is 0 Å². The molecule has 0 unspecified atom stereocenters. The Morgan fingerprint density at radius 1 is 0.966 bits per heavy atom. The molecule has 2 aromatic rings. The minimum absolute atomic E-state index is 0.0649. The standard InChI is InChI=1S/C20H19N3O5S/c1-12(20(27)28)10-17(24)22-15-6-8-16(9-7-15)29-11-18(25)23-14-4-2-13(3-5-14)19(21)26/h2-10H,11H2,1H3,(H2,21,26)(H,22,24)(H,23,25)(H,27,28)/b12-10+. The van der Waals surface area contributed by atoms with Crippen molar-refractivity contribution < 1.29 is 24.3 Å². The summed E-state index contributed by atoms with van der Waals surface area (Å²) < 4.78 is 0. The zero-order valence-electron chi connectivity index (χ0n) is 15.5. The van der Waals surface area contributed by atoms with Crippen LogP contribution >= 0.6 is 11.8 Å². The predicted molar refractivity (Wildman–Crippen MR) is 111 cm³/mol. The van der Waals surface area contributed by atoms with Gasteiger partial charge >= 0.3 is 5.97 Å². The summed E-state index contributed by atoms with van der Waals surface area (Å²) in [5, 5.41) is 14.0. The highest BCUT2D eigenvalue weighted by molar-refractivity contribution is 8.00. The average molecular weight is 413 g/mol. The molecule has 2 rings (SSSR count). The van der Waals surface area contributed by atoms with Crippen LogP contribution in [-0.4, -0.2) is 34.6 Å². The smallest absolute Gasteiger partial charge is 0.331 e. The molecule has 29 heavy (non-hydrogen) atoms. The Kier molecular flexibility index (Phi) is 7.55. The zero-order valence-corrected chi connectivity index (χ0v) is 16.3. The van der Waals surface area contributed by atoms with Crippen LogP contribution in [0.3, 0.4) is 0 Å². The normalized spacial score (nSPS) is 10.9. The summed E-state index contributed by atoms with van der Waals surface area (Å²) in [6.45, 7) is 1.33. The number of carboxylic acids is 1. The predicted octanol–water partition coefficient (Wildman–Crippen LogP) is 2.49. The molecule has 8 nitrogen and oxygen atoms in total. The molecule has 0 heterocycles. The van der Waals surface area contributed by atoms with Crippen LogP contribution in [0.25, 0.3) is 0 Å². The number of anilines is 2. The van der Waals surface area contributed by atoms with Gasteiger partial charge < -0.3 is 21.5 Å². The van der Waals surface area contributed by atoms with E-state index in [1.807, 2.05) is 0 Å². The van der Waals surface area contributed by atoms with Gasteiger partial charge in [0.15, 0.2) is 0 Å². The molecule has 0 radical (unpaired) electrons. The highest BCUT2D eigenvalue weighted by Crippen LogP contribution is 2.21. The van der Waals surface area contributed by atoms with Crippen molar-refractivity contribution in [2.24, 2.45) is 5.73 Å². The van der Waals surface area contributed by atoms with Gasteiger partial charge in [0, 0.05) is 33.5 Å². The lowest BCUT2D eigenvalue weighted by Crippen LogP contribution is -2.15. The molecule has 0 aliphatic rings. The minimum atomic E-state index is -1.16. The van der Waals surface area contributed by atoms with E-state index in [9.17, 15) is 19.2 Å². The number of nitrogens with one attached hydrogen (secondary N) is 2. The van der Waals surface area contributed by atoms with E-state index in [0.717, 1.165) is 11.0 Å². The first kappa shape index (κ1) is 21.7. The molecule has 0 spiro atoms. The molecule has 150 valence electrons. The monoisotopic (exact) mass is 413 g/mol. The Morgan fingerprint density at radius 3 is 2.07 bits per heavy atom. The lowest BCUT2D eigenvalue weighted by Gasteiger charge is -2.07. The first-order valence-electron chi connectivity index (χ1n) is 8.40. The number of thioether (sulfide) groups is 1. The highest BCUT2D eigenvalue weighted by Gasteiger charge is 2.07. The molecule has 2 aromatic carbocycles. The van der Waals surface area contributed by atoms with Gasteiger partial charge in [-0.3, -0.25) is 14.4 Å². The number of carboxylic acid groups (broad SMARTS) is 1. The van der Waals surface area contributed by atoms with Crippen molar-refractivity contribution >= 4 is 46.8 Å². The van der Waals surface area contributed by atoms with E-state index in [0.29, 0.717) is 16.9 Å². The number of carbonyl (C=O) groups excluding carboxylic acids is 3. The second kappa shape index (κ2) is 10.1. The van der Waals surface area contributed by atoms with E-state index in [1.54, 1.807) is 36.4 Å². The Labute approximate surface area is 171 Å².